The zero-order valence-corrected chi connectivity index (χ0v) is 7.09. The third kappa shape index (κ3) is 1.81. The molecule has 2 N–H and O–H groups in total. The van der Waals surface area contributed by atoms with Crippen LogP contribution in [-0.4, -0.2) is 0 Å². The summed E-state index contributed by atoms with van der Waals surface area (Å²) in [5.74, 6) is 0. The van der Waals surface area contributed by atoms with Crippen molar-refractivity contribution in [3.63, 3.8) is 0 Å². The van der Waals surface area contributed by atoms with E-state index in [2.05, 4.69) is 13.0 Å². The molecule has 0 aliphatic heterocycles. The van der Waals surface area contributed by atoms with E-state index in [0.717, 1.165) is 12.0 Å². The third-order valence-electron chi connectivity index (χ3n) is 2.10. The second-order valence-corrected chi connectivity index (χ2v) is 3.06. The van der Waals surface area contributed by atoms with Crippen molar-refractivity contribution >= 4 is 0 Å². The molecule has 1 heteroatoms. The van der Waals surface area contributed by atoms with Gasteiger partial charge in [0.05, 0.1) is 0 Å². The van der Waals surface area contributed by atoms with Gasteiger partial charge in [-0.05, 0) is 31.0 Å². The second kappa shape index (κ2) is 3.05. The van der Waals surface area contributed by atoms with Gasteiger partial charge in [-0.15, -0.1) is 0 Å². The van der Waals surface area contributed by atoms with Crippen LogP contribution >= 0.6 is 0 Å². The lowest BCUT2D eigenvalue weighted by molar-refractivity contribution is 0.476. The zero-order valence-electron chi connectivity index (χ0n) is 7.09. The molecule has 1 aromatic rings. The molecule has 0 heterocycles. The first-order chi connectivity index (χ1) is 5.17. The van der Waals surface area contributed by atoms with Crippen molar-refractivity contribution in [2.45, 2.75) is 25.8 Å². The van der Waals surface area contributed by atoms with Crippen LogP contribution < -0.4 is 5.73 Å². The van der Waals surface area contributed by atoms with Crippen molar-refractivity contribution in [3.05, 3.63) is 35.9 Å². The maximum atomic E-state index is 6.02. The van der Waals surface area contributed by atoms with Gasteiger partial charge in [0.25, 0.3) is 0 Å². The van der Waals surface area contributed by atoms with E-state index in [9.17, 15) is 0 Å². The molecule has 1 aromatic carbocycles. The fraction of sp³-hybridized carbons (Fsp3) is 0.400. The Bertz CT molecular complexity index is 214. The van der Waals surface area contributed by atoms with Crippen molar-refractivity contribution in [2.24, 2.45) is 5.73 Å². The van der Waals surface area contributed by atoms with Crippen LogP contribution in [0.25, 0.3) is 0 Å². The third-order valence-corrected chi connectivity index (χ3v) is 2.10. The molecule has 0 fully saturated rings. The molecule has 0 saturated heterocycles. The first kappa shape index (κ1) is 8.28. The van der Waals surface area contributed by atoms with Gasteiger partial charge in [-0.2, -0.15) is 0 Å². The highest BCUT2D eigenvalue weighted by Crippen LogP contribution is 2.19. The summed E-state index contributed by atoms with van der Waals surface area (Å²) in [5, 5.41) is 0. The average Bonchev–Trinajstić information content (AvgIpc) is 2.06. The normalized spacial score (nSPS) is 15.9. The summed E-state index contributed by atoms with van der Waals surface area (Å²) in [6.07, 6.45) is 0.949. The van der Waals surface area contributed by atoms with Crippen LogP contribution in [-0.2, 0) is 5.54 Å². The Labute approximate surface area is 68.2 Å². The molecule has 0 amide bonds. The molecule has 1 rings (SSSR count). The van der Waals surface area contributed by atoms with Gasteiger partial charge in [0, 0.05) is 5.54 Å². The van der Waals surface area contributed by atoms with E-state index in [1.54, 1.807) is 0 Å². The molecule has 0 saturated carbocycles. The van der Waals surface area contributed by atoms with Gasteiger partial charge >= 0.3 is 0 Å². The van der Waals surface area contributed by atoms with Gasteiger partial charge in [0.2, 0.25) is 0 Å². The van der Waals surface area contributed by atoms with E-state index in [4.69, 9.17) is 5.73 Å². The van der Waals surface area contributed by atoms with Crippen molar-refractivity contribution in [2.75, 3.05) is 0 Å². The van der Waals surface area contributed by atoms with Crippen LogP contribution in [0.4, 0.5) is 0 Å². The number of nitrogens with two attached hydrogens (primary N) is 1. The van der Waals surface area contributed by atoms with Gasteiger partial charge in [0.15, 0.2) is 0 Å². The van der Waals surface area contributed by atoms with E-state index in [1.807, 2.05) is 31.2 Å². The number of hydrogen-bond acceptors (Lipinski definition) is 1. The second-order valence-electron chi connectivity index (χ2n) is 3.06. The van der Waals surface area contributed by atoms with E-state index in [1.165, 1.54) is 0 Å². The lowest BCUT2D eigenvalue weighted by Gasteiger charge is -2.22. The molecule has 1 unspecified atom stereocenters. The highest BCUT2D eigenvalue weighted by Gasteiger charge is 2.16. The van der Waals surface area contributed by atoms with E-state index >= 15 is 0 Å². The first-order valence-corrected chi connectivity index (χ1v) is 3.92. The molecule has 1 nitrogen and oxygen atoms in total. The van der Waals surface area contributed by atoms with Gasteiger partial charge < -0.3 is 5.73 Å². The largest absolute Gasteiger partial charge is 0.322 e. The van der Waals surface area contributed by atoms with Crippen molar-refractivity contribution < 1.29 is 0 Å². The van der Waals surface area contributed by atoms with Crippen LogP contribution in [0.15, 0.2) is 24.3 Å². The Hall–Kier alpha value is -0.820. The van der Waals surface area contributed by atoms with E-state index < -0.39 is 0 Å². The molecule has 1 radical (unpaired) electrons. The molecule has 0 aliphatic rings. The predicted octanol–water partition coefficient (Wildman–Crippen LogP) is 2.07. The first-order valence-electron chi connectivity index (χ1n) is 3.92. The molecule has 1 atom stereocenters. The fourth-order valence-electron chi connectivity index (χ4n) is 0.953. The van der Waals surface area contributed by atoms with Gasteiger partial charge in [0.1, 0.15) is 0 Å². The maximum absolute atomic E-state index is 6.02. The van der Waals surface area contributed by atoms with Gasteiger partial charge in [-0.3, -0.25) is 0 Å². The van der Waals surface area contributed by atoms with Gasteiger partial charge in [-0.1, -0.05) is 25.1 Å². The lowest BCUT2D eigenvalue weighted by atomic mass is 9.91. The molecule has 0 aromatic heterocycles. The van der Waals surface area contributed by atoms with Crippen molar-refractivity contribution in [1.29, 1.82) is 0 Å². The van der Waals surface area contributed by atoms with Crippen LogP contribution in [0.3, 0.4) is 0 Å². The lowest BCUT2D eigenvalue weighted by Crippen LogP contribution is -2.31. The molecule has 59 valence electrons. The summed E-state index contributed by atoms with van der Waals surface area (Å²) in [6, 6.07) is 10.9. The van der Waals surface area contributed by atoms with Crippen molar-refractivity contribution in [1.82, 2.24) is 0 Å². The molecular weight excluding hydrogens is 134 g/mol. The number of rotatable bonds is 2. The summed E-state index contributed by atoms with van der Waals surface area (Å²) >= 11 is 0. The summed E-state index contributed by atoms with van der Waals surface area (Å²) in [4.78, 5) is 0. The summed E-state index contributed by atoms with van der Waals surface area (Å²) in [6.45, 7) is 4.13. The van der Waals surface area contributed by atoms with Gasteiger partial charge in [-0.25, -0.2) is 0 Å². The van der Waals surface area contributed by atoms with Crippen LogP contribution in [0.2, 0.25) is 0 Å². The highest BCUT2D eigenvalue weighted by atomic mass is 14.7. The quantitative estimate of drug-likeness (QED) is 0.682. The molecule has 0 bridgehead atoms. The van der Waals surface area contributed by atoms with Crippen LogP contribution in [0, 0.1) is 6.07 Å². The Morgan fingerprint density at radius 1 is 1.64 bits per heavy atom. The topological polar surface area (TPSA) is 26.0 Å². The standard InChI is InChI=1S/C10H14N/c1-3-10(2,11)9-7-5-4-6-8-9/h4-5,7-8H,3,11H2,1-2H3. The monoisotopic (exact) mass is 148 g/mol. The minimum atomic E-state index is -0.197. The Morgan fingerprint density at radius 2 is 2.36 bits per heavy atom. The predicted molar refractivity (Wildman–Crippen MR) is 47.1 cm³/mol. The fourth-order valence-corrected chi connectivity index (χ4v) is 0.953. The highest BCUT2D eigenvalue weighted by molar-refractivity contribution is 5.21. The van der Waals surface area contributed by atoms with Crippen LogP contribution in [0.5, 0.6) is 0 Å². The maximum Gasteiger partial charge on any atom is 0.0378 e. The summed E-state index contributed by atoms with van der Waals surface area (Å²) in [7, 11) is 0. The molecule has 0 aliphatic carbocycles. The minimum absolute atomic E-state index is 0.197. The summed E-state index contributed by atoms with van der Waals surface area (Å²) in [5.41, 5.74) is 6.98. The average molecular weight is 148 g/mol. The van der Waals surface area contributed by atoms with E-state index in [0.29, 0.717) is 0 Å². The van der Waals surface area contributed by atoms with Crippen molar-refractivity contribution in [3.8, 4) is 0 Å². The van der Waals surface area contributed by atoms with Crippen LogP contribution in [0.1, 0.15) is 25.8 Å². The van der Waals surface area contributed by atoms with E-state index in [-0.39, 0.29) is 5.54 Å². The Kier molecular flexibility index (Phi) is 2.30. The minimum Gasteiger partial charge on any atom is -0.322 e. The summed E-state index contributed by atoms with van der Waals surface area (Å²) < 4.78 is 0. The SMILES string of the molecule is CCC(C)(N)c1c[c]ccc1. The molecular formula is C10H14N. The molecule has 11 heavy (non-hydrogen) atoms. The molecule has 0 spiro atoms. The smallest absolute Gasteiger partial charge is 0.0378 e. The Balaban J connectivity index is 2.93. The number of benzene rings is 1. The zero-order chi connectivity index (χ0) is 8.32. The number of hydrogen-bond donors (Lipinski definition) is 1. The Morgan fingerprint density at radius 3 is 2.82 bits per heavy atom.